The number of pyridine rings is 2. The fourth-order valence-corrected chi connectivity index (χ4v) is 3.29. The van der Waals surface area contributed by atoms with Crippen LogP contribution in [0.4, 0.5) is 0 Å². The maximum atomic E-state index is 12.3. The van der Waals surface area contributed by atoms with E-state index < -0.39 is 0 Å². The number of carbonyl (C=O) groups excluding carboxylic acids is 1. The van der Waals surface area contributed by atoms with Gasteiger partial charge in [-0.25, -0.2) is 10.4 Å². The van der Waals surface area contributed by atoms with Crippen molar-refractivity contribution in [3.05, 3.63) is 65.5 Å². The molecule has 0 spiro atoms. The van der Waals surface area contributed by atoms with Crippen molar-refractivity contribution < 1.29 is 9.53 Å². The summed E-state index contributed by atoms with van der Waals surface area (Å²) in [4.78, 5) is 21.1. The molecule has 2 heterocycles. The quantitative estimate of drug-likeness (QED) is 0.560. The molecule has 1 fully saturated rings. The number of hydrazone groups is 1. The largest absolute Gasteiger partial charge is 0.481 e. The Morgan fingerprint density at radius 3 is 3.04 bits per heavy atom. The summed E-state index contributed by atoms with van der Waals surface area (Å²) in [5.74, 6) is 0.520. The van der Waals surface area contributed by atoms with E-state index in [9.17, 15) is 4.79 Å². The lowest BCUT2D eigenvalue weighted by Gasteiger charge is -2.04. The molecule has 3 aromatic rings. The Morgan fingerprint density at radius 2 is 2.19 bits per heavy atom. The van der Waals surface area contributed by atoms with Gasteiger partial charge in [-0.2, -0.15) is 5.10 Å². The number of amides is 1. The predicted octanol–water partition coefficient (Wildman–Crippen LogP) is 3.20. The number of hydrogen-bond donors (Lipinski definition) is 1. The second-order valence-electron chi connectivity index (χ2n) is 6.70. The molecule has 1 aliphatic rings. The molecule has 1 aromatic carbocycles. The third-order valence-electron chi connectivity index (χ3n) is 4.77. The summed E-state index contributed by atoms with van der Waals surface area (Å²) in [7, 11) is 1.59. The van der Waals surface area contributed by atoms with Crippen LogP contribution in [0.25, 0.3) is 10.9 Å². The van der Waals surface area contributed by atoms with Crippen LogP contribution in [0, 0.1) is 12.8 Å². The molecule has 0 saturated heterocycles. The zero-order chi connectivity index (χ0) is 18.8. The number of ether oxygens (including phenoxy) is 1. The predicted molar refractivity (Wildman–Crippen MR) is 104 cm³/mol. The van der Waals surface area contributed by atoms with Crippen molar-refractivity contribution in [1.29, 1.82) is 0 Å². The first-order chi connectivity index (χ1) is 13.2. The summed E-state index contributed by atoms with van der Waals surface area (Å²) in [5, 5.41) is 5.17. The number of fused-ring (bicyclic) bond motifs is 1. The average molecular weight is 360 g/mol. The maximum absolute atomic E-state index is 12.3. The van der Waals surface area contributed by atoms with Crippen molar-refractivity contribution in [3.8, 4) is 5.88 Å². The lowest BCUT2D eigenvalue weighted by Crippen LogP contribution is -2.20. The summed E-state index contributed by atoms with van der Waals surface area (Å²) in [6.07, 6.45) is 4.23. The second kappa shape index (κ2) is 7.15. The van der Waals surface area contributed by atoms with Crippen LogP contribution in [-0.2, 0) is 4.79 Å². The van der Waals surface area contributed by atoms with Gasteiger partial charge in [0.05, 0.1) is 18.8 Å². The van der Waals surface area contributed by atoms with E-state index >= 15 is 0 Å². The Bertz CT molecular complexity index is 1030. The van der Waals surface area contributed by atoms with E-state index in [0.29, 0.717) is 5.88 Å². The molecule has 27 heavy (non-hydrogen) atoms. The first-order valence-electron chi connectivity index (χ1n) is 8.85. The third-order valence-corrected chi connectivity index (χ3v) is 4.77. The fraction of sp³-hybridized carbons (Fsp3) is 0.238. The molecule has 1 amide bonds. The fourth-order valence-electron chi connectivity index (χ4n) is 3.29. The van der Waals surface area contributed by atoms with Gasteiger partial charge in [-0.15, -0.1) is 0 Å². The van der Waals surface area contributed by atoms with Crippen LogP contribution < -0.4 is 10.2 Å². The summed E-state index contributed by atoms with van der Waals surface area (Å²) in [6, 6.07) is 13.5. The average Bonchev–Trinajstić information content (AvgIpc) is 3.49. The van der Waals surface area contributed by atoms with Crippen molar-refractivity contribution in [2.75, 3.05) is 7.11 Å². The van der Waals surface area contributed by atoms with Crippen molar-refractivity contribution in [2.24, 2.45) is 11.0 Å². The SMILES string of the molecule is COc1cccc([C@@H]2C[C@H]2C(=O)NN=Cc2cc(C)c3ncccc3c2)n1. The van der Waals surface area contributed by atoms with Crippen LogP contribution >= 0.6 is 0 Å². The van der Waals surface area contributed by atoms with Gasteiger partial charge < -0.3 is 4.74 Å². The molecule has 1 N–H and O–H groups in total. The molecule has 2 atom stereocenters. The Morgan fingerprint density at radius 1 is 1.30 bits per heavy atom. The van der Waals surface area contributed by atoms with E-state index in [0.717, 1.165) is 34.1 Å². The maximum Gasteiger partial charge on any atom is 0.243 e. The summed E-state index contributed by atoms with van der Waals surface area (Å²) in [6.45, 7) is 2.02. The summed E-state index contributed by atoms with van der Waals surface area (Å²) >= 11 is 0. The monoisotopic (exact) mass is 360 g/mol. The second-order valence-corrected chi connectivity index (χ2v) is 6.70. The lowest BCUT2D eigenvalue weighted by atomic mass is 10.1. The van der Waals surface area contributed by atoms with Crippen LogP contribution in [0.3, 0.4) is 0 Å². The summed E-state index contributed by atoms with van der Waals surface area (Å²) < 4.78 is 5.14. The Labute approximate surface area is 157 Å². The molecular weight excluding hydrogens is 340 g/mol. The van der Waals surface area contributed by atoms with Gasteiger partial charge in [0.1, 0.15) is 0 Å². The molecular formula is C21H20N4O2. The number of aryl methyl sites for hydroxylation is 1. The van der Waals surface area contributed by atoms with Gasteiger partial charge in [0, 0.05) is 35.2 Å². The number of methoxy groups -OCH3 is 1. The molecule has 6 nitrogen and oxygen atoms in total. The number of nitrogens with zero attached hydrogens (tertiary/aromatic N) is 3. The van der Waals surface area contributed by atoms with Gasteiger partial charge in [-0.1, -0.05) is 12.1 Å². The van der Waals surface area contributed by atoms with Gasteiger partial charge in [0.15, 0.2) is 0 Å². The minimum atomic E-state index is -0.0932. The van der Waals surface area contributed by atoms with Crippen LogP contribution in [0.5, 0.6) is 5.88 Å². The number of rotatable bonds is 5. The molecule has 2 aromatic heterocycles. The molecule has 0 bridgehead atoms. The van der Waals surface area contributed by atoms with Crippen LogP contribution in [0.2, 0.25) is 0 Å². The van der Waals surface area contributed by atoms with Gasteiger partial charge in [0.25, 0.3) is 0 Å². The first-order valence-corrected chi connectivity index (χ1v) is 8.85. The molecule has 4 rings (SSSR count). The Hall–Kier alpha value is -3.28. The number of benzene rings is 1. The molecule has 0 radical (unpaired) electrons. The standard InChI is InChI=1S/C21H20N4O2/c1-13-9-14(10-15-5-4-8-22-20(13)15)12-23-25-21(26)17-11-16(17)18-6-3-7-19(24-18)27-2/h3-10,12,16-17H,11H2,1-2H3,(H,25,26)/t16-,17-/m1/s1. The van der Waals surface area contributed by atoms with Crippen molar-refractivity contribution >= 4 is 23.0 Å². The van der Waals surface area contributed by atoms with Crippen LogP contribution in [0.15, 0.2) is 53.8 Å². The highest BCUT2D eigenvalue weighted by atomic mass is 16.5. The Kier molecular flexibility index (Phi) is 4.54. The van der Waals surface area contributed by atoms with E-state index in [2.05, 4.69) is 20.5 Å². The van der Waals surface area contributed by atoms with Gasteiger partial charge in [-0.05, 0) is 48.7 Å². The minimum absolute atomic E-state index is 0.0833. The van der Waals surface area contributed by atoms with Gasteiger partial charge in [-0.3, -0.25) is 9.78 Å². The van der Waals surface area contributed by atoms with Crippen molar-refractivity contribution in [1.82, 2.24) is 15.4 Å². The Balaban J connectivity index is 1.40. The highest BCUT2D eigenvalue weighted by Crippen LogP contribution is 2.47. The van der Waals surface area contributed by atoms with Crippen molar-refractivity contribution in [3.63, 3.8) is 0 Å². The van der Waals surface area contributed by atoms with E-state index in [1.165, 1.54) is 0 Å². The van der Waals surface area contributed by atoms with Gasteiger partial charge >= 0.3 is 0 Å². The zero-order valence-corrected chi connectivity index (χ0v) is 15.2. The number of aromatic nitrogens is 2. The third kappa shape index (κ3) is 3.65. The lowest BCUT2D eigenvalue weighted by molar-refractivity contribution is -0.122. The molecule has 0 aliphatic heterocycles. The summed E-state index contributed by atoms with van der Waals surface area (Å²) in [5.41, 5.74) is 6.51. The smallest absolute Gasteiger partial charge is 0.243 e. The zero-order valence-electron chi connectivity index (χ0n) is 15.2. The first kappa shape index (κ1) is 17.1. The molecule has 136 valence electrons. The molecule has 6 heteroatoms. The van der Waals surface area contributed by atoms with E-state index in [1.54, 1.807) is 25.6 Å². The highest BCUT2D eigenvalue weighted by Gasteiger charge is 2.45. The minimum Gasteiger partial charge on any atom is -0.481 e. The number of hydrogen-bond acceptors (Lipinski definition) is 5. The van der Waals surface area contributed by atoms with Crippen LogP contribution in [-0.4, -0.2) is 29.2 Å². The molecule has 0 unspecified atom stereocenters. The van der Waals surface area contributed by atoms with E-state index in [-0.39, 0.29) is 17.7 Å². The van der Waals surface area contributed by atoms with Crippen molar-refractivity contribution in [2.45, 2.75) is 19.3 Å². The highest BCUT2D eigenvalue weighted by molar-refractivity contribution is 5.91. The van der Waals surface area contributed by atoms with E-state index in [4.69, 9.17) is 4.74 Å². The molecule has 1 aliphatic carbocycles. The normalized spacial score (nSPS) is 18.6. The number of nitrogens with one attached hydrogen (secondary N) is 1. The molecule has 1 saturated carbocycles. The van der Waals surface area contributed by atoms with E-state index in [1.807, 2.05) is 43.3 Å². The number of carbonyl (C=O) groups is 1. The van der Waals surface area contributed by atoms with Crippen LogP contribution in [0.1, 0.15) is 29.2 Å². The topological polar surface area (TPSA) is 76.5 Å². The van der Waals surface area contributed by atoms with Gasteiger partial charge in [0.2, 0.25) is 11.8 Å².